The van der Waals surface area contributed by atoms with Crippen LogP contribution in [0.3, 0.4) is 0 Å². The van der Waals surface area contributed by atoms with Crippen molar-refractivity contribution in [2.24, 2.45) is 0 Å². The molecule has 0 aliphatic rings. The zero-order chi connectivity index (χ0) is 15.7. The van der Waals surface area contributed by atoms with Gasteiger partial charge in [-0.15, -0.1) is 10.2 Å². The van der Waals surface area contributed by atoms with E-state index in [4.69, 9.17) is 16.3 Å². The van der Waals surface area contributed by atoms with Gasteiger partial charge in [-0.3, -0.25) is 4.79 Å². The van der Waals surface area contributed by atoms with Gasteiger partial charge in [-0.2, -0.15) is 0 Å². The van der Waals surface area contributed by atoms with Gasteiger partial charge in [0.25, 0.3) is 0 Å². The zero-order valence-corrected chi connectivity index (χ0v) is 12.8. The summed E-state index contributed by atoms with van der Waals surface area (Å²) in [4.78, 5) is 15.7. The van der Waals surface area contributed by atoms with E-state index in [1.54, 1.807) is 18.2 Å². The topological polar surface area (TPSA) is 65.0 Å². The smallest absolute Gasteiger partial charge is 0.308 e. The largest absolute Gasteiger partial charge is 0.426 e. The molecule has 0 saturated heterocycles. The lowest BCUT2D eigenvalue weighted by molar-refractivity contribution is -0.131. The maximum absolute atomic E-state index is 11.2. The lowest BCUT2D eigenvalue weighted by atomic mass is 10.1. The van der Waals surface area contributed by atoms with Gasteiger partial charge in [0.05, 0.1) is 11.1 Å². The summed E-state index contributed by atoms with van der Waals surface area (Å²) in [6, 6.07) is 10.7. The molecule has 0 fully saturated rings. The molecular formula is C16H12ClN3O2. The van der Waals surface area contributed by atoms with Crippen LogP contribution in [0.25, 0.3) is 22.4 Å². The van der Waals surface area contributed by atoms with E-state index < -0.39 is 5.97 Å². The van der Waals surface area contributed by atoms with Gasteiger partial charge in [0.1, 0.15) is 11.3 Å². The molecule has 0 bridgehead atoms. The Balaban J connectivity index is 2.16. The SMILES string of the molecule is CC(=O)Oc1cc(Cl)ccc1-c1nnc2ccc(C)cc2n1. The first kappa shape index (κ1) is 14.4. The average Bonchev–Trinajstić information content (AvgIpc) is 2.46. The van der Waals surface area contributed by atoms with Crippen LogP contribution in [0.5, 0.6) is 5.75 Å². The quantitative estimate of drug-likeness (QED) is 0.534. The summed E-state index contributed by atoms with van der Waals surface area (Å²) >= 11 is 5.96. The lowest BCUT2D eigenvalue weighted by Gasteiger charge is -2.08. The Bertz CT molecular complexity index is 880. The van der Waals surface area contributed by atoms with E-state index in [1.807, 2.05) is 25.1 Å². The van der Waals surface area contributed by atoms with Crippen LogP contribution in [0.15, 0.2) is 36.4 Å². The van der Waals surface area contributed by atoms with E-state index in [2.05, 4.69) is 15.2 Å². The fraction of sp³-hybridized carbons (Fsp3) is 0.125. The summed E-state index contributed by atoms with van der Waals surface area (Å²) in [6.45, 7) is 3.31. The molecule has 0 aliphatic carbocycles. The highest BCUT2D eigenvalue weighted by atomic mass is 35.5. The van der Waals surface area contributed by atoms with Crippen LogP contribution < -0.4 is 4.74 Å². The van der Waals surface area contributed by atoms with Crippen LogP contribution in [-0.2, 0) is 4.79 Å². The fourth-order valence-electron chi connectivity index (χ4n) is 2.08. The number of aryl methyl sites for hydroxylation is 1. The summed E-state index contributed by atoms with van der Waals surface area (Å²) in [5, 5.41) is 8.73. The van der Waals surface area contributed by atoms with Gasteiger partial charge >= 0.3 is 5.97 Å². The van der Waals surface area contributed by atoms with Crippen LogP contribution in [0.1, 0.15) is 12.5 Å². The highest BCUT2D eigenvalue weighted by molar-refractivity contribution is 6.30. The number of hydrogen-bond acceptors (Lipinski definition) is 5. The Morgan fingerprint density at radius 3 is 2.68 bits per heavy atom. The van der Waals surface area contributed by atoms with Crippen LogP contribution >= 0.6 is 11.6 Å². The summed E-state index contributed by atoms with van der Waals surface area (Å²) in [7, 11) is 0. The second-order valence-corrected chi connectivity index (χ2v) is 5.30. The number of ether oxygens (including phenoxy) is 1. The highest BCUT2D eigenvalue weighted by Gasteiger charge is 2.13. The Morgan fingerprint density at radius 2 is 1.91 bits per heavy atom. The molecule has 5 nitrogen and oxygen atoms in total. The van der Waals surface area contributed by atoms with Crippen molar-refractivity contribution in [2.75, 3.05) is 0 Å². The van der Waals surface area contributed by atoms with E-state index in [1.165, 1.54) is 6.92 Å². The minimum absolute atomic E-state index is 0.314. The highest BCUT2D eigenvalue weighted by Crippen LogP contribution is 2.31. The standard InChI is InChI=1S/C16H12ClN3O2/c1-9-3-6-13-14(7-9)18-16(20-19-13)12-5-4-11(17)8-15(12)22-10(2)21/h3-8H,1-2H3. The molecule has 3 rings (SSSR count). The molecule has 3 aromatic rings. The first-order valence-electron chi connectivity index (χ1n) is 6.62. The van der Waals surface area contributed by atoms with E-state index in [0.29, 0.717) is 27.7 Å². The summed E-state index contributed by atoms with van der Waals surface area (Å²) in [5.74, 6) is 0.257. The molecule has 0 unspecified atom stereocenters. The summed E-state index contributed by atoms with van der Waals surface area (Å²) in [6.07, 6.45) is 0. The van der Waals surface area contributed by atoms with Gasteiger partial charge in [-0.25, -0.2) is 4.98 Å². The Kier molecular flexibility index (Phi) is 3.73. The number of hydrogen-bond donors (Lipinski definition) is 0. The van der Waals surface area contributed by atoms with Crippen molar-refractivity contribution in [2.45, 2.75) is 13.8 Å². The van der Waals surface area contributed by atoms with Gasteiger partial charge in [-0.1, -0.05) is 17.7 Å². The predicted molar refractivity (Wildman–Crippen MR) is 83.8 cm³/mol. The number of halogens is 1. The van der Waals surface area contributed by atoms with Crippen molar-refractivity contribution < 1.29 is 9.53 Å². The second-order valence-electron chi connectivity index (χ2n) is 4.86. The predicted octanol–water partition coefficient (Wildman–Crippen LogP) is 3.58. The van der Waals surface area contributed by atoms with Gasteiger partial charge < -0.3 is 4.74 Å². The molecule has 22 heavy (non-hydrogen) atoms. The lowest BCUT2D eigenvalue weighted by Crippen LogP contribution is -2.04. The number of carbonyl (C=O) groups is 1. The molecule has 0 spiro atoms. The first-order chi connectivity index (χ1) is 10.5. The van der Waals surface area contributed by atoms with E-state index in [0.717, 1.165) is 11.1 Å². The van der Waals surface area contributed by atoms with Crippen LogP contribution in [0, 0.1) is 6.92 Å². The van der Waals surface area contributed by atoms with Gasteiger partial charge in [-0.05, 0) is 36.8 Å². The zero-order valence-electron chi connectivity index (χ0n) is 12.0. The molecule has 0 saturated carbocycles. The third-order valence-electron chi connectivity index (χ3n) is 3.05. The van der Waals surface area contributed by atoms with Gasteiger partial charge in [0, 0.05) is 18.0 Å². The molecule has 6 heteroatoms. The average molecular weight is 314 g/mol. The van der Waals surface area contributed by atoms with Crippen LogP contribution in [0.4, 0.5) is 0 Å². The number of rotatable bonds is 2. The molecule has 110 valence electrons. The minimum Gasteiger partial charge on any atom is -0.426 e. The number of esters is 1. The van der Waals surface area contributed by atoms with Crippen LogP contribution in [0.2, 0.25) is 5.02 Å². The maximum Gasteiger partial charge on any atom is 0.308 e. The Morgan fingerprint density at radius 1 is 1.09 bits per heavy atom. The minimum atomic E-state index is -0.437. The van der Waals surface area contributed by atoms with Crippen molar-refractivity contribution >= 4 is 28.6 Å². The van der Waals surface area contributed by atoms with Crippen molar-refractivity contribution in [3.05, 3.63) is 47.0 Å². The molecule has 0 N–H and O–H groups in total. The number of nitrogens with zero attached hydrogens (tertiary/aromatic N) is 3. The maximum atomic E-state index is 11.2. The molecule has 2 aromatic carbocycles. The van der Waals surface area contributed by atoms with E-state index in [9.17, 15) is 4.79 Å². The molecular weight excluding hydrogens is 302 g/mol. The Labute approximate surface area is 131 Å². The van der Waals surface area contributed by atoms with Crippen molar-refractivity contribution in [3.63, 3.8) is 0 Å². The molecule has 0 aliphatic heterocycles. The number of fused-ring (bicyclic) bond motifs is 1. The molecule has 0 radical (unpaired) electrons. The van der Waals surface area contributed by atoms with E-state index >= 15 is 0 Å². The third-order valence-corrected chi connectivity index (χ3v) is 3.28. The Hall–Kier alpha value is -2.53. The number of aromatic nitrogens is 3. The van der Waals surface area contributed by atoms with Crippen molar-refractivity contribution in [3.8, 4) is 17.1 Å². The molecule has 1 heterocycles. The van der Waals surface area contributed by atoms with Gasteiger partial charge in [0.15, 0.2) is 5.82 Å². The van der Waals surface area contributed by atoms with Crippen LogP contribution in [-0.4, -0.2) is 21.2 Å². The van der Waals surface area contributed by atoms with E-state index in [-0.39, 0.29) is 0 Å². The number of carbonyl (C=O) groups excluding carboxylic acids is 1. The van der Waals surface area contributed by atoms with Crippen molar-refractivity contribution in [1.82, 2.24) is 15.2 Å². The molecule has 1 aromatic heterocycles. The third kappa shape index (κ3) is 2.89. The first-order valence-corrected chi connectivity index (χ1v) is 7.00. The second kappa shape index (κ2) is 5.69. The molecule has 0 atom stereocenters. The normalized spacial score (nSPS) is 10.7. The number of benzene rings is 2. The van der Waals surface area contributed by atoms with Gasteiger partial charge in [0.2, 0.25) is 0 Å². The molecule has 0 amide bonds. The monoisotopic (exact) mass is 313 g/mol. The summed E-state index contributed by atoms with van der Waals surface area (Å²) in [5.41, 5.74) is 3.08. The summed E-state index contributed by atoms with van der Waals surface area (Å²) < 4.78 is 5.19. The fourth-order valence-corrected chi connectivity index (χ4v) is 2.24. The van der Waals surface area contributed by atoms with Crippen molar-refractivity contribution in [1.29, 1.82) is 0 Å².